The highest BCUT2D eigenvalue weighted by Gasteiger charge is 2.50. The van der Waals surface area contributed by atoms with Crippen LogP contribution in [0.1, 0.15) is 64.2 Å². The van der Waals surface area contributed by atoms with Gasteiger partial charge in [0, 0.05) is 25.0 Å². The third kappa shape index (κ3) is 2.93. The third-order valence-electron chi connectivity index (χ3n) is 6.90. The maximum Gasteiger partial charge on any atom is 0.326 e. The Bertz CT molecular complexity index is 572. The predicted molar refractivity (Wildman–Crippen MR) is 90.7 cm³/mol. The molecule has 2 amide bonds. The van der Waals surface area contributed by atoms with Crippen LogP contribution in [-0.2, 0) is 14.4 Å². The molecule has 4 atom stereocenters. The van der Waals surface area contributed by atoms with Crippen molar-refractivity contribution in [3.8, 4) is 0 Å². The molecule has 2 saturated heterocycles. The van der Waals surface area contributed by atoms with Gasteiger partial charge in [-0.15, -0.1) is 0 Å². The number of fused-ring (bicyclic) bond motifs is 1. The maximum absolute atomic E-state index is 13.2. The summed E-state index contributed by atoms with van der Waals surface area (Å²) in [5.41, 5.74) is 0. The van der Waals surface area contributed by atoms with Gasteiger partial charge in [-0.1, -0.05) is 25.7 Å². The maximum atomic E-state index is 13.2. The third-order valence-corrected chi connectivity index (χ3v) is 6.90. The second-order valence-corrected chi connectivity index (χ2v) is 8.33. The minimum atomic E-state index is -0.889. The van der Waals surface area contributed by atoms with Crippen molar-refractivity contribution >= 4 is 17.8 Å². The van der Waals surface area contributed by atoms with Gasteiger partial charge in [0.2, 0.25) is 11.8 Å². The quantitative estimate of drug-likeness (QED) is 0.846. The Morgan fingerprint density at radius 3 is 2.40 bits per heavy atom. The average Bonchev–Trinajstić information content (AvgIpc) is 3.31. The first kappa shape index (κ1) is 16.9. The largest absolute Gasteiger partial charge is 0.480 e. The van der Waals surface area contributed by atoms with E-state index in [2.05, 4.69) is 0 Å². The van der Waals surface area contributed by atoms with E-state index >= 15 is 0 Å². The first-order valence-corrected chi connectivity index (χ1v) is 9.90. The fourth-order valence-corrected chi connectivity index (χ4v) is 5.67. The topological polar surface area (TPSA) is 77.9 Å². The summed E-state index contributed by atoms with van der Waals surface area (Å²) >= 11 is 0. The summed E-state index contributed by atoms with van der Waals surface area (Å²) in [6.45, 7) is 0.489. The van der Waals surface area contributed by atoms with Gasteiger partial charge in [-0.2, -0.15) is 0 Å². The summed E-state index contributed by atoms with van der Waals surface area (Å²) in [6.07, 6.45) is 9.37. The Labute approximate surface area is 148 Å². The molecule has 0 aromatic rings. The Morgan fingerprint density at radius 2 is 1.68 bits per heavy atom. The molecule has 0 spiro atoms. The minimum absolute atomic E-state index is 0.0676. The van der Waals surface area contributed by atoms with Gasteiger partial charge in [-0.05, 0) is 38.0 Å². The highest BCUT2D eigenvalue weighted by atomic mass is 16.4. The Morgan fingerprint density at radius 1 is 1.00 bits per heavy atom. The van der Waals surface area contributed by atoms with E-state index in [0.717, 1.165) is 51.4 Å². The van der Waals surface area contributed by atoms with Crippen LogP contribution in [0.5, 0.6) is 0 Å². The van der Waals surface area contributed by atoms with Gasteiger partial charge in [0.15, 0.2) is 0 Å². The molecular formula is C19H28N2O4. The van der Waals surface area contributed by atoms with E-state index in [-0.39, 0.29) is 30.2 Å². The molecule has 138 valence electrons. The van der Waals surface area contributed by atoms with Crippen LogP contribution in [0.25, 0.3) is 0 Å². The summed E-state index contributed by atoms with van der Waals surface area (Å²) in [7, 11) is 0. The summed E-state index contributed by atoms with van der Waals surface area (Å²) in [5.74, 6) is -0.927. The fourth-order valence-electron chi connectivity index (χ4n) is 5.67. The zero-order valence-corrected chi connectivity index (χ0v) is 14.7. The van der Waals surface area contributed by atoms with Gasteiger partial charge < -0.3 is 14.9 Å². The summed E-state index contributed by atoms with van der Waals surface area (Å²) in [5, 5.41) is 9.63. The predicted octanol–water partition coefficient (Wildman–Crippen LogP) is 2.02. The van der Waals surface area contributed by atoms with E-state index in [4.69, 9.17) is 0 Å². The molecule has 25 heavy (non-hydrogen) atoms. The number of likely N-dealkylation sites (tertiary alicyclic amines) is 2. The van der Waals surface area contributed by atoms with Crippen molar-refractivity contribution in [3.63, 3.8) is 0 Å². The van der Waals surface area contributed by atoms with Crippen molar-refractivity contribution < 1.29 is 19.5 Å². The standard InChI is InChI=1S/C19H28N2O4/c22-17-10-13(11-20(17)14-6-2-3-7-14)18(23)21-15-8-4-1-5-12(15)9-16(21)19(24)25/h12-16H,1-11H2,(H,24,25). The normalized spacial score (nSPS) is 36.1. The van der Waals surface area contributed by atoms with Gasteiger partial charge in [-0.3, -0.25) is 9.59 Å². The molecule has 4 aliphatic rings. The van der Waals surface area contributed by atoms with Crippen LogP contribution in [0, 0.1) is 11.8 Å². The lowest BCUT2D eigenvalue weighted by Gasteiger charge is -2.34. The molecule has 0 aromatic heterocycles. The molecule has 4 rings (SSSR count). The van der Waals surface area contributed by atoms with Gasteiger partial charge in [0.05, 0.1) is 5.92 Å². The molecule has 2 saturated carbocycles. The minimum Gasteiger partial charge on any atom is -0.480 e. The smallest absolute Gasteiger partial charge is 0.326 e. The van der Waals surface area contributed by atoms with E-state index in [1.807, 2.05) is 4.90 Å². The monoisotopic (exact) mass is 348 g/mol. The van der Waals surface area contributed by atoms with Crippen LogP contribution in [0.15, 0.2) is 0 Å². The van der Waals surface area contributed by atoms with Crippen molar-refractivity contribution in [1.29, 1.82) is 0 Å². The van der Waals surface area contributed by atoms with Crippen LogP contribution < -0.4 is 0 Å². The van der Waals surface area contributed by atoms with Crippen molar-refractivity contribution in [3.05, 3.63) is 0 Å². The SMILES string of the molecule is O=C(O)C1CC2CCCCC2N1C(=O)C1CC(=O)N(C2CCCC2)C1. The van der Waals surface area contributed by atoms with Gasteiger partial charge in [-0.25, -0.2) is 4.79 Å². The number of rotatable bonds is 3. The van der Waals surface area contributed by atoms with Crippen LogP contribution in [0.2, 0.25) is 0 Å². The molecule has 1 N–H and O–H groups in total. The van der Waals surface area contributed by atoms with Gasteiger partial charge >= 0.3 is 5.97 Å². The Balaban J connectivity index is 1.50. The highest BCUT2D eigenvalue weighted by Crippen LogP contribution is 2.41. The second kappa shape index (κ2) is 6.61. The number of hydrogen-bond acceptors (Lipinski definition) is 3. The highest BCUT2D eigenvalue weighted by molar-refractivity contribution is 5.92. The molecule has 0 bridgehead atoms. The lowest BCUT2D eigenvalue weighted by molar-refractivity contribution is -0.151. The lowest BCUT2D eigenvalue weighted by atomic mass is 9.84. The van der Waals surface area contributed by atoms with Crippen molar-refractivity contribution in [2.24, 2.45) is 11.8 Å². The molecule has 6 nitrogen and oxygen atoms in total. The van der Waals surface area contributed by atoms with E-state index in [0.29, 0.717) is 24.9 Å². The first-order chi connectivity index (χ1) is 12.1. The number of carboxylic acid groups (broad SMARTS) is 1. The first-order valence-electron chi connectivity index (χ1n) is 9.90. The summed E-state index contributed by atoms with van der Waals surface area (Å²) in [4.78, 5) is 40.9. The van der Waals surface area contributed by atoms with Crippen LogP contribution in [-0.4, -0.2) is 57.4 Å². The van der Waals surface area contributed by atoms with Crippen LogP contribution in [0.3, 0.4) is 0 Å². The number of nitrogens with zero attached hydrogens (tertiary/aromatic N) is 2. The van der Waals surface area contributed by atoms with Crippen LogP contribution >= 0.6 is 0 Å². The average molecular weight is 348 g/mol. The fraction of sp³-hybridized carbons (Fsp3) is 0.842. The molecule has 0 radical (unpaired) electrons. The molecule has 4 fully saturated rings. The van der Waals surface area contributed by atoms with Crippen molar-refractivity contribution in [2.75, 3.05) is 6.54 Å². The van der Waals surface area contributed by atoms with Gasteiger partial charge in [0.1, 0.15) is 6.04 Å². The zero-order chi connectivity index (χ0) is 17.6. The van der Waals surface area contributed by atoms with Gasteiger partial charge in [0.25, 0.3) is 0 Å². The van der Waals surface area contributed by atoms with Crippen molar-refractivity contribution in [1.82, 2.24) is 9.80 Å². The number of hydrogen-bond donors (Lipinski definition) is 1. The molecular weight excluding hydrogens is 320 g/mol. The molecule has 2 heterocycles. The molecule has 6 heteroatoms. The molecule has 4 unspecified atom stereocenters. The van der Waals surface area contributed by atoms with E-state index < -0.39 is 12.0 Å². The Kier molecular flexibility index (Phi) is 4.46. The number of carboxylic acids is 1. The second-order valence-electron chi connectivity index (χ2n) is 8.33. The molecule has 0 aromatic carbocycles. The van der Waals surface area contributed by atoms with E-state index in [1.54, 1.807) is 4.90 Å². The Hall–Kier alpha value is -1.59. The summed E-state index contributed by atoms with van der Waals surface area (Å²) in [6, 6.07) is -0.337. The molecule has 2 aliphatic carbocycles. The van der Waals surface area contributed by atoms with Crippen LogP contribution in [0.4, 0.5) is 0 Å². The number of carbonyl (C=O) groups excluding carboxylic acids is 2. The zero-order valence-electron chi connectivity index (χ0n) is 14.7. The number of carbonyl (C=O) groups is 3. The van der Waals surface area contributed by atoms with E-state index in [1.165, 1.54) is 0 Å². The summed E-state index contributed by atoms with van der Waals surface area (Å²) < 4.78 is 0. The number of aliphatic carboxylic acids is 1. The van der Waals surface area contributed by atoms with E-state index in [9.17, 15) is 19.5 Å². The lowest BCUT2D eigenvalue weighted by Crippen LogP contribution is -2.49. The molecule has 2 aliphatic heterocycles. The number of amides is 2. The van der Waals surface area contributed by atoms with Crippen molar-refractivity contribution in [2.45, 2.75) is 82.3 Å².